The molecule has 0 radical (unpaired) electrons. The number of rotatable bonds is 9. The fourth-order valence-corrected chi connectivity index (χ4v) is 1.81. The van der Waals surface area contributed by atoms with E-state index in [0.717, 1.165) is 11.8 Å². The highest BCUT2D eigenvalue weighted by atomic mass is 27.0. The smallest absolute Gasteiger partial charge is 0.0628 e. The monoisotopic (exact) mass is 228 g/mol. The van der Waals surface area contributed by atoms with Crippen LogP contribution >= 0.6 is 0 Å². The molecule has 0 bridgehead atoms. The average molecular weight is 228 g/mol. The highest BCUT2D eigenvalue weighted by molar-refractivity contribution is 5.75. The maximum absolute atomic E-state index is 2.32. The molecule has 92 valence electrons. The highest BCUT2D eigenvalue weighted by Crippen LogP contribution is 2.13. The van der Waals surface area contributed by atoms with Gasteiger partial charge in [-0.2, -0.15) is 0 Å². The summed E-state index contributed by atoms with van der Waals surface area (Å²) in [5.41, 5.74) is 0. The van der Waals surface area contributed by atoms with Gasteiger partial charge in [0.2, 0.25) is 0 Å². The molecule has 0 aromatic rings. The van der Waals surface area contributed by atoms with Gasteiger partial charge in [-0.3, -0.25) is 0 Å². The van der Waals surface area contributed by atoms with Gasteiger partial charge in [0.05, 0.1) is 0 Å². The molecule has 0 nitrogen and oxygen atoms in total. The van der Waals surface area contributed by atoms with E-state index in [0.29, 0.717) is 0 Å². The number of unbranched alkanes of at least 4 members (excludes halogenated alkanes) is 5. The molecule has 0 aliphatic heterocycles. The van der Waals surface area contributed by atoms with Gasteiger partial charge >= 0.3 is 0 Å². The molecular weight excluding hydrogens is 195 g/mol. The van der Waals surface area contributed by atoms with Gasteiger partial charge in [0.25, 0.3) is 0 Å². The molecular formula is C14H33Al. The van der Waals surface area contributed by atoms with E-state index in [1.54, 1.807) is 0 Å². The van der Waals surface area contributed by atoms with Crippen LogP contribution in [-0.2, 0) is 0 Å². The first kappa shape index (κ1) is 17.9. The van der Waals surface area contributed by atoms with Gasteiger partial charge in [-0.15, -0.1) is 0 Å². The summed E-state index contributed by atoms with van der Waals surface area (Å²) < 4.78 is 0. The van der Waals surface area contributed by atoms with Crippen molar-refractivity contribution in [3.8, 4) is 0 Å². The Morgan fingerprint density at radius 3 is 1.07 bits per heavy atom. The van der Waals surface area contributed by atoms with Crippen molar-refractivity contribution in [2.45, 2.75) is 79.1 Å². The Hall–Kier alpha value is 0.532. The summed E-state index contributed by atoms with van der Waals surface area (Å²) in [5.74, 6) is 1.80. The second kappa shape index (κ2) is 12.6. The predicted octanol–water partition coefficient (Wildman–Crippen LogP) is 4.24. The van der Waals surface area contributed by atoms with Crippen LogP contribution in [0.25, 0.3) is 0 Å². The zero-order valence-corrected chi connectivity index (χ0v) is 10.8. The Balaban J connectivity index is 0. The fourth-order valence-electron chi connectivity index (χ4n) is 1.81. The van der Waals surface area contributed by atoms with E-state index in [1.165, 1.54) is 51.4 Å². The number of hydrogen-bond donors (Lipinski definition) is 0. The van der Waals surface area contributed by atoms with E-state index in [1.807, 2.05) is 0 Å². The normalized spacial score (nSPS) is 10.8. The van der Waals surface area contributed by atoms with Crippen LogP contribution in [0.3, 0.4) is 0 Å². The lowest BCUT2D eigenvalue weighted by Crippen LogP contribution is -1.89. The van der Waals surface area contributed by atoms with Crippen LogP contribution in [-0.4, -0.2) is 17.4 Å². The molecule has 0 aliphatic carbocycles. The van der Waals surface area contributed by atoms with Crippen LogP contribution in [0.2, 0.25) is 0 Å². The molecule has 0 heterocycles. The zero-order chi connectivity index (χ0) is 10.8. The molecule has 1 heteroatoms. The molecule has 0 atom stereocenters. The quantitative estimate of drug-likeness (QED) is 0.409. The lowest BCUT2D eigenvalue weighted by atomic mass is 10.0. The minimum Gasteiger partial charge on any atom is -0.0628 e. The third-order valence-electron chi connectivity index (χ3n) is 2.81. The van der Waals surface area contributed by atoms with E-state index in [2.05, 4.69) is 27.7 Å². The second-order valence-corrected chi connectivity index (χ2v) is 5.49. The third kappa shape index (κ3) is 17.2. The standard InChI is InChI=1S/C14H30.Al.3H/c1-13(2)11-9-7-5-6-8-10-12-14(3)4;;;;/h13-14H,5-12H2,1-4H3;;;;. The largest absolute Gasteiger partial charge is 0.187 e. The van der Waals surface area contributed by atoms with E-state index in [-0.39, 0.29) is 17.4 Å². The van der Waals surface area contributed by atoms with E-state index < -0.39 is 0 Å². The second-order valence-electron chi connectivity index (χ2n) is 5.49. The minimum absolute atomic E-state index is 0. The van der Waals surface area contributed by atoms with Crippen LogP contribution in [0.1, 0.15) is 79.1 Å². The molecule has 0 aliphatic rings. The Bertz CT molecular complexity index is 93.9. The topological polar surface area (TPSA) is 0 Å². The van der Waals surface area contributed by atoms with Gasteiger partial charge < -0.3 is 0 Å². The first-order valence-electron chi connectivity index (χ1n) is 6.63. The van der Waals surface area contributed by atoms with Crippen molar-refractivity contribution in [2.75, 3.05) is 0 Å². The zero-order valence-electron chi connectivity index (χ0n) is 10.8. The molecule has 0 unspecified atom stereocenters. The maximum atomic E-state index is 2.32. The molecule has 0 saturated carbocycles. The van der Waals surface area contributed by atoms with Crippen molar-refractivity contribution in [2.24, 2.45) is 11.8 Å². The molecule has 0 rings (SSSR count). The average Bonchev–Trinajstić information content (AvgIpc) is 2.08. The summed E-state index contributed by atoms with van der Waals surface area (Å²) in [6.07, 6.45) is 11.6. The van der Waals surface area contributed by atoms with Crippen LogP contribution in [0.4, 0.5) is 0 Å². The lowest BCUT2D eigenvalue weighted by molar-refractivity contribution is 0.490. The molecule has 0 saturated heterocycles. The summed E-state index contributed by atoms with van der Waals surface area (Å²) in [6.45, 7) is 9.29. The Kier molecular flexibility index (Phi) is 15.0. The maximum Gasteiger partial charge on any atom is 0.187 e. The lowest BCUT2D eigenvalue weighted by Gasteiger charge is -2.05. The van der Waals surface area contributed by atoms with Crippen molar-refractivity contribution in [1.82, 2.24) is 0 Å². The van der Waals surface area contributed by atoms with Gasteiger partial charge in [0, 0.05) is 0 Å². The van der Waals surface area contributed by atoms with Crippen molar-refractivity contribution < 1.29 is 0 Å². The first-order valence-corrected chi connectivity index (χ1v) is 6.63. The Morgan fingerprint density at radius 2 is 0.800 bits per heavy atom. The first-order chi connectivity index (χ1) is 6.63. The summed E-state index contributed by atoms with van der Waals surface area (Å²) in [6, 6.07) is 0. The molecule has 0 spiro atoms. The summed E-state index contributed by atoms with van der Waals surface area (Å²) in [7, 11) is 0. The van der Waals surface area contributed by atoms with Gasteiger partial charge in [0.15, 0.2) is 17.4 Å². The van der Waals surface area contributed by atoms with Gasteiger partial charge in [-0.05, 0) is 11.8 Å². The minimum atomic E-state index is 0. The van der Waals surface area contributed by atoms with Crippen LogP contribution < -0.4 is 0 Å². The van der Waals surface area contributed by atoms with E-state index in [4.69, 9.17) is 0 Å². The van der Waals surface area contributed by atoms with Gasteiger partial charge in [-0.25, -0.2) is 0 Å². The van der Waals surface area contributed by atoms with E-state index >= 15 is 0 Å². The van der Waals surface area contributed by atoms with Crippen LogP contribution in [0, 0.1) is 11.8 Å². The Labute approximate surface area is 108 Å². The molecule has 0 fully saturated rings. The third-order valence-corrected chi connectivity index (χ3v) is 2.81. The van der Waals surface area contributed by atoms with Gasteiger partial charge in [0.1, 0.15) is 0 Å². The fraction of sp³-hybridized carbons (Fsp3) is 1.00. The van der Waals surface area contributed by atoms with Crippen molar-refractivity contribution in [3.05, 3.63) is 0 Å². The molecule has 0 aromatic heterocycles. The van der Waals surface area contributed by atoms with Crippen LogP contribution in [0.15, 0.2) is 0 Å². The van der Waals surface area contributed by atoms with E-state index in [9.17, 15) is 0 Å². The van der Waals surface area contributed by atoms with Crippen molar-refractivity contribution >= 4 is 17.4 Å². The summed E-state index contributed by atoms with van der Waals surface area (Å²) >= 11 is 0. The Morgan fingerprint density at radius 1 is 0.533 bits per heavy atom. The molecule has 0 aromatic carbocycles. The van der Waals surface area contributed by atoms with Crippen molar-refractivity contribution in [3.63, 3.8) is 0 Å². The summed E-state index contributed by atoms with van der Waals surface area (Å²) in [4.78, 5) is 0. The summed E-state index contributed by atoms with van der Waals surface area (Å²) in [5, 5.41) is 0. The number of hydrogen-bond acceptors (Lipinski definition) is 0. The SMILES string of the molecule is CC(C)CCCCCCCCC(C)C.[AlH3]. The molecule has 15 heavy (non-hydrogen) atoms. The van der Waals surface area contributed by atoms with Crippen LogP contribution in [0.5, 0.6) is 0 Å². The molecule has 0 amide bonds. The highest BCUT2D eigenvalue weighted by Gasteiger charge is 1.96. The predicted molar refractivity (Wildman–Crippen MR) is 76.6 cm³/mol. The van der Waals surface area contributed by atoms with Gasteiger partial charge in [-0.1, -0.05) is 79.1 Å². The molecule has 0 N–H and O–H groups in total. The van der Waals surface area contributed by atoms with Crippen molar-refractivity contribution in [1.29, 1.82) is 0 Å².